The minimum atomic E-state index is -0.532. The third-order valence-electron chi connectivity index (χ3n) is 3.28. The molecule has 1 aromatic heterocycles. The van der Waals surface area contributed by atoms with Crippen LogP contribution in [-0.2, 0) is 27.5 Å². The van der Waals surface area contributed by atoms with Crippen LogP contribution >= 0.6 is 11.3 Å². The summed E-state index contributed by atoms with van der Waals surface area (Å²) in [5.41, 5.74) is 0.916. The number of benzene rings is 1. The smallest absolute Gasteiger partial charge is 0.331 e. The Hall–Kier alpha value is -2.71. The lowest BCUT2D eigenvalue weighted by molar-refractivity contribution is -0.385. The van der Waals surface area contributed by atoms with Gasteiger partial charge in [-0.1, -0.05) is 6.07 Å². The van der Waals surface area contributed by atoms with E-state index >= 15 is 0 Å². The van der Waals surface area contributed by atoms with Crippen molar-refractivity contribution in [1.82, 2.24) is 0 Å². The van der Waals surface area contributed by atoms with Gasteiger partial charge in [0.25, 0.3) is 5.69 Å². The standard InChI is InChI=1S/C16H13NO6S/c18-15(4-3-14-2-1-5-24-14)22-9-12-7-13(17(19)20)6-11-8-21-10-23-16(11)12/h1-7H,8-10H2/b4-3+. The average molecular weight is 347 g/mol. The fourth-order valence-electron chi connectivity index (χ4n) is 2.23. The van der Waals surface area contributed by atoms with E-state index in [-0.39, 0.29) is 25.7 Å². The minimum Gasteiger partial charge on any atom is -0.467 e. The Balaban J connectivity index is 1.73. The van der Waals surface area contributed by atoms with Crippen LogP contribution in [0.5, 0.6) is 5.75 Å². The number of thiophene rings is 1. The number of non-ortho nitro benzene ring substituents is 1. The predicted octanol–water partition coefficient (Wildman–Crippen LogP) is 3.28. The predicted molar refractivity (Wildman–Crippen MR) is 86.5 cm³/mol. The lowest BCUT2D eigenvalue weighted by Crippen LogP contribution is -2.14. The molecule has 0 saturated heterocycles. The minimum absolute atomic E-state index is 0.0596. The van der Waals surface area contributed by atoms with E-state index in [1.807, 2.05) is 17.5 Å². The van der Waals surface area contributed by atoms with Crippen LogP contribution in [0.4, 0.5) is 5.69 Å². The van der Waals surface area contributed by atoms with Crippen molar-refractivity contribution in [3.8, 4) is 5.75 Å². The van der Waals surface area contributed by atoms with E-state index < -0.39 is 10.9 Å². The van der Waals surface area contributed by atoms with E-state index in [0.29, 0.717) is 16.9 Å². The summed E-state index contributed by atoms with van der Waals surface area (Å²) in [7, 11) is 0. The number of nitro benzene ring substituents is 1. The van der Waals surface area contributed by atoms with Gasteiger partial charge < -0.3 is 14.2 Å². The Morgan fingerprint density at radius 1 is 1.46 bits per heavy atom. The molecule has 7 nitrogen and oxygen atoms in total. The van der Waals surface area contributed by atoms with Gasteiger partial charge in [-0.25, -0.2) is 4.79 Å². The number of rotatable bonds is 5. The maximum Gasteiger partial charge on any atom is 0.331 e. The molecule has 1 aliphatic rings. The van der Waals surface area contributed by atoms with Gasteiger partial charge in [-0.2, -0.15) is 0 Å². The summed E-state index contributed by atoms with van der Waals surface area (Å²) in [4.78, 5) is 23.2. The number of ether oxygens (including phenoxy) is 3. The van der Waals surface area contributed by atoms with Crippen LogP contribution in [0.1, 0.15) is 16.0 Å². The third kappa shape index (κ3) is 3.79. The van der Waals surface area contributed by atoms with E-state index in [1.54, 1.807) is 6.08 Å². The van der Waals surface area contributed by atoms with Crippen molar-refractivity contribution >= 4 is 29.1 Å². The Morgan fingerprint density at radius 2 is 2.33 bits per heavy atom. The van der Waals surface area contributed by atoms with E-state index in [9.17, 15) is 14.9 Å². The van der Waals surface area contributed by atoms with Crippen LogP contribution in [0, 0.1) is 10.1 Å². The van der Waals surface area contributed by atoms with Gasteiger partial charge in [0.1, 0.15) is 12.4 Å². The molecule has 124 valence electrons. The van der Waals surface area contributed by atoms with Crippen molar-refractivity contribution in [2.75, 3.05) is 6.79 Å². The zero-order valence-electron chi connectivity index (χ0n) is 12.5. The first-order valence-electron chi connectivity index (χ1n) is 7.02. The normalized spacial score (nSPS) is 13.3. The molecular weight excluding hydrogens is 334 g/mol. The SMILES string of the molecule is O=C(/C=C/c1cccs1)OCc1cc([N+](=O)[O-])cc2c1OCOC2. The highest BCUT2D eigenvalue weighted by Crippen LogP contribution is 2.33. The monoisotopic (exact) mass is 347 g/mol. The molecule has 1 aromatic carbocycles. The van der Waals surface area contributed by atoms with Crippen LogP contribution in [0.2, 0.25) is 0 Å². The van der Waals surface area contributed by atoms with Gasteiger partial charge in [0.15, 0.2) is 6.79 Å². The first kappa shape index (κ1) is 16.2. The van der Waals surface area contributed by atoms with Gasteiger partial charge in [-0.15, -0.1) is 11.3 Å². The van der Waals surface area contributed by atoms with E-state index in [2.05, 4.69) is 0 Å². The summed E-state index contributed by atoms with van der Waals surface area (Å²) < 4.78 is 15.7. The molecule has 0 bridgehead atoms. The summed E-state index contributed by atoms with van der Waals surface area (Å²) in [6, 6.07) is 6.50. The summed E-state index contributed by atoms with van der Waals surface area (Å²) in [5.74, 6) is -0.0578. The molecule has 24 heavy (non-hydrogen) atoms. The van der Waals surface area contributed by atoms with Gasteiger partial charge in [0, 0.05) is 34.2 Å². The Bertz CT molecular complexity index is 784. The molecule has 2 heterocycles. The number of nitro groups is 1. The number of esters is 1. The second kappa shape index (κ2) is 7.24. The molecule has 0 N–H and O–H groups in total. The highest BCUT2D eigenvalue weighted by atomic mass is 32.1. The first-order valence-corrected chi connectivity index (χ1v) is 7.90. The Morgan fingerprint density at radius 3 is 3.08 bits per heavy atom. The number of nitrogens with zero attached hydrogens (tertiary/aromatic N) is 1. The van der Waals surface area contributed by atoms with Crippen molar-refractivity contribution in [3.05, 3.63) is 61.8 Å². The third-order valence-corrected chi connectivity index (χ3v) is 4.12. The lowest BCUT2D eigenvalue weighted by atomic mass is 10.1. The van der Waals surface area contributed by atoms with E-state index in [4.69, 9.17) is 14.2 Å². The molecule has 0 spiro atoms. The molecular formula is C16H13NO6S. The van der Waals surface area contributed by atoms with Crippen molar-refractivity contribution in [2.45, 2.75) is 13.2 Å². The number of carbonyl (C=O) groups excluding carboxylic acids is 1. The highest BCUT2D eigenvalue weighted by molar-refractivity contribution is 7.10. The quantitative estimate of drug-likeness (QED) is 0.357. The van der Waals surface area contributed by atoms with Gasteiger partial charge in [0.2, 0.25) is 0 Å². The van der Waals surface area contributed by atoms with Gasteiger partial charge in [-0.05, 0) is 17.5 Å². The average Bonchev–Trinajstić information content (AvgIpc) is 3.11. The number of hydrogen-bond donors (Lipinski definition) is 0. The molecule has 2 aromatic rings. The fourth-order valence-corrected chi connectivity index (χ4v) is 2.84. The van der Waals surface area contributed by atoms with Crippen LogP contribution in [0.15, 0.2) is 35.7 Å². The second-order valence-corrected chi connectivity index (χ2v) is 5.90. The zero-order chi connectivity index (χ0) is 16.9. The maximum atomic E-state index is 11.8. The summed E-state index contributed by atoms with van der Waals surface area (Å²) in [5, 5.41) is 12.9. The fraction of sp³-hybridized carbons (Fsp3) is 0.188. The molecule has 0 amide bonds. The summed E-state index contributed by atoms with van der Waals surface area (Å²) >= 11 is 1.50. The van der Waals surface area contributed by atoms with Crippen molar-refractivity contribution in [3.63, 3.8) is 0 Å². The van der Waals surface area contributed by atoms with Crippen LogP contribution in [0.3, 0.4) is 0 Å². The van der Waals surface area contributed by atoms with Crippen molar-refractivity contribution in [1.29, 1.82) is 0 Å². The summed E-state index contributed by atoms with van der Waals surface area (Å²) in [6.45, 7) is 0.165. The lowest BCUT2D eigenvalue weighted by Gasteiger charge is -2.20. The molecule has 0 saturated carbocycles. The molecule has 0 fully saturated rings. The van der Waals surface area contributed by atoms with E-state index in [1.165, 1.54) is 29.5 Å². The van der Waals surface area contributed by atoms with Crippen LogP contribution in [0.25, 0.3) is 6.08 Å². The van der Waals surface area contributed by atoms with Crippen LogP contribution < -0.4 is 4.74 Å². The molecule has 0 unspecified atom stereocenters. The largest absolute Gasteiger partial charge is 0.467 e. The number of fused-ring (bicyclic) bond motifs is 1. The van der Waals surface area contributed by atoms with Crippen molar-refractivity contribution < 1.29 is 23.9 Å². The molecule has 1 aliphatic heterocycles. The Kier molecular flexibility index (Phi) is 4.88. The second-order valence-electron chi connectivity index (χ2n) is 4.92. The highest BCUT2D eigenvalue weighted by Gasteiger charge is 2.21. The first-order chi connectivity index (χ1) is 11.6. The van der Waals surface area contributed by atoms with Gasteiger partial charge >= 0.3 is 5.97 Å². The maximum absolute atomic E-state index is 11.8. The molecule has 3 rings (SSSR count). The van der Waals surface area contributed by atoms with Crippen LogP contribution in [-0.4, -0.2) is 17.7 Å². The molecule has 0 atom stereocenters. The number of hydrogen-bond acceptors (Lipinski definition) is 7. The van der Waals surface area contributed by atoms with Gasteiger partial charge in [-0.3, -0.25) is 10.1 Å². The van der Waals surface area contributed by atoms with Crippen molar-refractivity contribution in [2.24, 2.45) is 0 Å². The molecule has 0 radical (unpaired) electrons. The topological polar surface area (TPSA) is 87.9 Å². The van der Waals surface area contributed by atoms with Gasteiger partial charge in [0.05, 0.1) is 11.5 Å². The van der Waals surface area contributed by atoms with E-state index in [0.717, 1.165) is 4.88 Å². The number of carbonyl (C=O) groups is 1. The molecule has 0 aliphatic carbocycles. The Labute approximate surface area is 141 Å². The summed E-state index contributed by atoms with van der Waals surface area (Å²) in [6.07, 6.45) is 2.97. The molecule has 8 heteroatoms. The zero-order valence-corrected chi connectivity index (χ0v) is 13.3.